The van der Waals surface area contributed by atoms with Crippen LogP contribution in [0.2, 0.25) is 0 Å². The zero-order valence-electron chi connectivity index (χ0n) is 28.2. The summed E-state index contributed by atoms with van der Waals surface area (Å²) >= 11 is 1.78. The van der Waals surface area contributed by atoms with Gasteiger partial charge in [-0.05, 0) is 40.4 Å². The minimum absolute atomic E-state index is 0.682. The Bertz CT molecular complexity index is 3690. The summed E-state index contributed by atoms with van der Waals surface area (Å²) in [6, 6.07) is 57.3. The molecular formula is C48H26N4S. The van der Waals surface area contributed by atoms with E-state index >= 15 is 0 Å². The van der Waals surface area contributed by atoms with Gasteiger partial charge in [-0.3, -0.25) is 4.57 Å². The number of fused-ring (bicyclic) bond motifs is 16. The fourth-order valence-corrected chi connectivity index (χ4v) is 10.4. The summed E-state index contributed by atoms with van der Waals surface area (Å²) in [6.45, 7) is 0. The maximum Gasteiger partial charge on any atom is 0.235 e. The van der Waals surface area contributed by atoms with E-state index in [2.05, 4.69) is 167 Å². The van der Waals surface area contributed by atoms with Crippen LogP contribution >= 0.6 is 11.3 Å². The molecule has 8 aromatic carbocycles. The molecule has 0 unspecified atom stereocenters. The molecule has 0 radical (unpaired) electrons. The fraction of sp³-hybridized carbons (Fsp3) is 0. The molecule has 13 rings (SSSR count). The van der Waals surface area contributed by atoms with Gasteiger partial charge < -0.3 is 4.40 Å². The lowest BCUT2D eigenvalue weighted by Gasteiger charge is -2.12. The van der Waals surface area contributed by atoms with E-state index in [0.717, 1.165) is 37.9 Å². The highest BCUT2D eigenvalue weighted by Gasteiger charge is 2.24. The van der Waals surface area contributed by atoms with Crippen molar-refractivity contribution in [2.24, 2.45) is 0 Å². The Balaban J connectivity index is 1.18. The van der Waals surface area contributed by atoms with E-state index in [1.807, 2.05) is 0 Å². The molecule has 13 aromatic rings. The van der Waals surface area contributed by atoms with Crippen molar-refractivity contribution in [1.29, 1.82) is 0 Å². The standard InChI is InChI=1S/C48H26N4S/c1-2-13-28-27(11-1)12-9-17-31(28)43-47-44(37-16-5-8-22-41(37)53-47)50-48(49-43)51-39-21-7-4-15-36(39)42-30-23-24-35-33-19-10-18-32-29-14-3-6-20-38(29)52(45(32)33)46(35)34(30)25-26-40(42)51/h1-26H. The van der Waals surface area contributed by atoms with Crippen molar-refractivity contribution in [3.05, 3.63) is 158 Å². The molecule has 0 aliphatic heterocycles. The molecule has 0 atom stereocenters. The molecule has 0 amide bonds. The van der Waals surface area contributed by atoms with Crippen LogP contribution in [-0.4, -0.2) is 18.9 Å². The van der Waals surface area contributed by atoms with E-state index < -0.39 is 0 Å². The number of benzene rings is 8. The number of para-hydroxylation sites is 3. The first-order valence-electron chi connectivity index (χ1n) is 18.0. The SMILES string of the molecule is c1ccc2c(-c3nc(-n4c5ccccc5c5c6ccc7c8cccc9c%10ccccc%10n(c7c6ccc54)c98)nc4c3sc3ccccc34)cccc2c1. The van der Waals surface area contributed by atoms with Crippen molar-refractivity contribution in [3.63, 3.8) is 0 Å². The number of hydrogen-bond acceptors (Lipinski definition) is 3. The third-order valence-corrected chi connectivity index (χ3v) is 12.6. The Labute approximate surface area is 305 Å². The summed E-state index contributed by atoms with van der Waals surface area (Å²) in [5, 5.41) is 13.6. The second kappa shape index (κ2) is 9.94. The van der Waals surface area contributed by atoms with Crippen LogP contribution in [0.4, 0.5) is 0 Å². The summed E-state index contributed by atoms with van der Waals surface area (Å²) in [6.07, 6.45) is 0. The molecule has 5 heterocycles. The molecule has 0 saturated carbocycles. The van der Waals surface area contributed by atoms with Crippen LogP contribution in [0.1, 0.15) is 0 Å². The van der Waals surface area contributed by atoms with Gasteiger partial charge in [0.25, 0.3) is 0 Å². The van der Waals surface area contributed by atoms with Gasteiger partial charge in [0.2, 0.25) is 5.95 Å². The second-order valence-electron chi connectivity index (χ2n) is 14.1. The van der Waals surface area contributed by atoms with E-state index in [-0.39, 0.29) is 0 Å². The van der Waals surface area contributed by atoms with Gasteiger partial charge >= 0.3 is 0 Å². The minimum Gasteiger partial charge on any atom is -0.307 e. The van der Waals surface area contributed by atoms with Crippen molar-refractivity contribution < 1.29 is 0 Å². The molecular weight excluding hydrogens is 665 g/mol. The molecule has 0 spiro atoms. The molecule has 0 fully saturated rings. The average Bonchev–Trinajstić information content (AvgIpc) is 3.96. The number of hydrogen-bond donors (Lipinski definition) is 0. The summed E-state index contributed by atoms with van der Waals surface area (Å²) in [5.41, 5.74) is 9.07. The van der Waals surface area contributed by atoms with Crippen molar-refractivity contribution >= 4 is 113 Å². The highest BCUT2D eigenvalue weighted by molar-refractivity contribution is 7.26. The van der Waals surface area contributed by atoms with Crippen LogP contribution in [0.25, 0.3) is 119 Å². The summed E-state index contributed by atoms with van der Waals surface area (Å²) in [5.74, 6) is 0.682. The Kier molecular flexibility index (Phi) is 5.22. The predicted octanol–water partition coefficient (Wildman–Crippen LogP) is 13.1. The van der Waals surface area contributed by atoms with Crippen LogP contribution in [0.15, 0.2) is 158 Å². The topological polar surface area (TPSA) is 35.1 Å². The second-order valence-corrected chi connectivity index (χ2v) is 15.2. The molecule has 5 heteroatoms. The van der Waals surface area contributed by atoms with E-state index in [4.69, 9.17) is 9.97 Å². The van der Waals surface area contributed by atoms with Crippen LogP contribution in [-0.2, 0) is 0 Å². The maximum absolute atomic E-state index is 5.54. The number of rotatable bonds is 2. The molecule has 53 heavy (non-hydrogen) atoms. The van der Waals surface area contributed by atoms with Crippen molar-refractivity contribution in [3.8, 4) is 17.2 Å². The largest absolute Gasteiger partial charge is 0.307 e. The number of nitrogens with zero attached hydrogens (tertiary/aromatic N) is 4. The van der Waals surface area contributed by atoms with E-state index in [1.54, 1.807) is 11.3 Å². The smallest absolute Gasteiger partial charge is 0.235 e. The fourth-order valence-electron chi connectivity index (χ4n) is 9.29. The molecule has 0 bridgehead atoms. The molecule has 4 nitrogen and oxygen atoms in total. The van der Waals surface area contributed by atoms with E-state index in [0.29, 0.717) is 5.95 Å². The summed E-state index contributed by atoms with van der Waals surface area (Å²) in [4.78, 5) is 11.0. The highest BCUT2D eigenvalue weighted by Crippen LogP contribution is 2.45. The van der Waals surface area contributed by atoms with Gasteiger partial charge in [0.15, 0.2) is 0 Å². The highest BCUT2D eigenvalue weighted by atomic mass is 32.1. The Morgan fingerprint density at radius 1 is 0.415 bits per heavy atom. The summed E-state index contributed by atoms with van der Waals surface area (Å²) < 4.78 is 7.11. The lowest BCUT2D eigenvalue weighted by atomic mass is 10.0. The Morgan fingerprint density at radius 3 is 1.91 bits per heavy atom. The van der Waals surface area contributed by atoms with Crippen LogP contribution in [0.5, 0.6) is 0 Å². The van der Waals surface area contributed by atoms with E-state index in [1.165, 1.54) is 75.1 Å². The van der Waals surface area contributed by atoms with Crippen molar-refractivity contribution in [1.82, 2.24) is 18.9 Å². The van der Waals surface area contributed by atoms with Gasteiger partial charge in [-0.1, -0.05) is 133 Å². The molecule has 0 aliphatic rings. The van der Waals surface area contributed by atoms with Gasteiger partial charge in [0.05, 0.1) is 43.5 Å². The number of thiophene rings is 1. The molecule has 0 aliphatic carbocycles. The normalized spacial score (nSPS) is 12.5. The van der Waals surface area contributed by atoms with Gasteiger partial charge in [0, 0.05) is 53.4 Å². The quantitative estimate of drug-likeness (QED) is 0.181. The predicted molar refractivity (Wildman–Crippen MR) is 224 cm³/mol. The molecule has 244 valence electrons. The Morgan fingerprint density at radius 2 is 1.02 bits per heavy atom. The zero-order chi connectivity index (χ0) is 34.4. The van der Waals surface area contributed by atoms with Crippen molar-refractivity contribution in [2.45, 2.75) is 0 Å². The number of aromatic nitrogens is 4. The minimum atomic E-state index is 0.682. The Hall–Kier alpha value is -6.82. The third-order valence-electron chi connectivity index (χ3n) is 11.5. The first-order valence-corrected chi connectivity index (χ1v) is 18.8. The monoisotopic (exact) mass is 690 g/mol. The first-order chi connectivity index (χ1) is 26.3. The lowest BCUT2D eigenvalue weighted by Crippen LogP contribution is -2.03. The molecule has 0 N–H and O–H groups in total. The van der Waals surface area contributed by atoms with Gasteiger partial charge in [0.1, 0.15) is 0 Å². The lowest BCUT2D eigenvalue weighted by molar-refractivity contribution is 1.02. The summed E-state index contributed by atoms with van der Waals surface area (Å²) in [7, 11) is 0. The van der Waals surface area contributed by atoms with E-state index in [9.17, 15) is 0 Å². The third kappa shape index (κ3) is 3.50. The van der Waals surface area contributed by atoms with Gasteiger partial charge in [-0.2, -0.15) is 0 Å². The first kappa shape index (κ1) is 27.8. The molecule has 0 saturated heterocycles. The zero-order valence-corrected chi connectivity index (χ0v) is 29.0. The average molecular weight is 691 g/mol. The van der Waals surface area contributed by atoms with Crippen LogP contribution in [0, 0.1) is 0 Å². The van der Waals surface area contributed by atoms with Gasteiger partial charge in [-0.15, -0.1) is 11.3 Å². The van der Waals surface area contributed by atoms with Gasteiger partial charge in [-0.25, -0.2) is 9.97 Å². The molecule has 5 aromatic heterocycles. The van der Waals surface area contributed by atoms with Crippen LogP contribution < -0.4 is 0 Å². The van der Waals surface area contributed by atoms with Crippen molar-refractivity contribution in [2.75, 3.05) is 0 Å². The maximum atomic E-state index is 5.54. The van der Waals surface area contributed by atoms with Crippen LogP contribution in [0.3, 0.4) is 0 Å².